The molecule has 40 heavy (non-hydrogen) atoms. The number of rotatable bonds is 12. The van der Waals surface area contributed by atoms with Crippen LogP contribution in [0.5, 0.6) is 5.75 Å². The van der Waals surface area contributed by atoms with Crippen molar-refractivity contribution in [3.8, 4) is 5.75 Å². The van der Waals surface area contributed by atoms with E-state index in [4.69, 9.17) is 27.9 Å². The molecule has 3 aromatic carbocycles. The number of hydrogen-bond donors (Lipinski definition) is 1. The molecule has 1 N–H and O–H groups in total. The summed E-state index contributed by atoms with van der Waals surface area (Å²) in [5.41, 5.74) is 1.76. The molecule has 3 aromatic rings. The number of carbonyl (C=O) groups excluding carboxylic acids is 2. The molecule has 0 aliphatic heterocycles. The van der Waals surface area contributed by atoms with Crippen LogP contribution in [0, 0.1) is 6.92 Å². The van der Waals surface area contributed by atoms with Crippen LogP contribution in [0.1, 0.15) is 31.4 Å². The van der Waals surface area contributed by atoms with Crippen molar-refractivity contribution in [3.05, 3.63) is 87.9 Å². The number of aryl methyl sites for hydroxylation is 1. The zero-order valence-corrected chi connectivity index (χ0v) is 25.2. The highest BCUT2D eigenvalue weighted by molar-refractivity contribution is 7.92. The third-order valence-electron chi connectivity index (χ3n) is 6.28. The average Bonchev–Trinajstić information content (AvgIpc) is 2.94. The van der Waals surface area contributed by atoms with E-state index in [1.54, 1.807) is 61.5 Å². The van der Waals surface area contributed by atoms with Gasteiger partial charge in [0.05, 0.1) is 27.7 Å². The lowest BCUT2D eigenvalue weighted by Crippen LogP contribution is -2.51. The van der Waals surface area contributed by atoms with Crippen molar-refractivity contribution in [2.24, 2.45) is 0 Å². The molecular weight excluding hydrogens is 573 g/mol. The molecule has 1 atom stereocenters. The van der Waals surface area contributed by atoms with Crippen LogP contribution in [0.15, 0.2) is 71.6 Å². The third kappa shape index (κ3) is 7.68. The molecule has 2 amide bonds. The van der Waals surface area contributed by atoms with Crippen molar-refractivity contribution in [3.63, 3.8) is 0 Å². The predicted molar refractivity (Wildman–Crippen MR) is 158 cm³/mol. The van der Waals surface area contributed by atoms with Crippen molar-refractivity contribution in [2.75, 3.05) is 24.5 Å². The monoisotopic (exact) mass is 605 g/mol. The van der Waals surface area contributed by atoms with Crippen LogP contribution >= 0.6 is 23.2 Å². The first-order chi connectivity index (χ1) is 19.0. The van der Waals surface area contributed by atoms with Gasteiger partial charge in [0.25, 0.3) is 10.0 Å². The Morgan fingerprint density at radius 3 is 2.33 bits per heavy atom. The van der Waals surface area contributed by atoms with Gasteiger partial charge >= 0.3 is 0 Å². The number of sulfonamides is 1. The SMILES string of the molecule is CCCNC(=O)C(C)N(Cc1ccc(Cl)c(Cl)c1)C(=O)CN(c1cccc(OC)c1)S(=O)(=O)c1ccc(C)cc1. The summed E-state index contributed by atoms with van der Waals surface area (Å²) in [7, 11) is -2.71. The summed E-state index contributed by atoms with van der Waals surface area (Å²) in [4.78, 5) is 28.2. The fraction of sp³-hybridized carbons (Fsp3) is 0.310. The lowest BCUT2D eigenvalue weighted by atomic mass is 10.1. The molecule has 0 radical (unpaired) electrons. The van der Waals surface area contributed by atoms with E-state index in [0.717, 1.165) is 16.3 Å². The summed E-state index contributed by atoms with van der Waals surface area (Å²) >= 11 is 12.3. The van der Waals surface area contributed by atoms with E-state index in [1.807, 2.05) is 13.8 Å². The maximum atomic E-state index is 13.9. The van der Waals surface area contributed by atoms with E-state index >= 15 is 0 Å². The van der Waals surface area contributed by atoms with Crippen molar-refractivity contribution >= 4 is 50.7 Å². The Balaban J connectivity index is 2.05. The zero-order valence-electron chi connectivity index (χ0n) is 22.9. The van der Waals surface area contributed by atoms with Gasteiger partial charge in [-0.2, -0.15) is 0 Å². The van der Waals surface area contributed by atoms with Crippen LogP contribution in [-0.2, 0) is 26.2 Å². The van der Waals surface area contributed by atoms with Crippen molar-refractivity contribution in [2.45, 2.75) is 44.7 Å². The maximum absolute atomic E-state index is 13.9. The van der Waals surface area contributed by atoms with E-state index in [9.17, 15) is 18.0 Å². The second-order valence-electron chi connectivity index (χ2n) is 9.26. The molecule has 3 rings (SSSR count). The topological polar surface area (TPSA) is 96.0 Å². The van der Waals surface area contributed by atoms with E-state index in [-0.39, 0.29) is 23.0 Å². The predicted octanol–water partition coefficient (Wildman–Crippen LogP) is 5.45. The molecule has 0 aliphatic carbocycles. The van der Waals surface area contributed by atoms with Gasteiger partial charge < -0.3 is 15.0 Å². The molecule has 214 valence electrons. The molecule has 0 fully saturated rings. The third-order valence-corrected chi connectivity index (χ3v) is 8.81. The Labute approximate surface area is 245 Å². The second kappa shape index (κ2) is 13.9. The molecule has 0 saturated heterocycles. The van der Waals surface area contributed by atoms with Gasteiger partial charge in [0, 0.05) is 19.2 Å². The van der Waals surface area contributed by atoms with Crippen LogP contribution in [0.25, 0.3) is 0 Å². The van der Waals surface area contributed by atoms with Gasteiger partial charge in [0.2, 0.25) is 11.8 Å². The number of benzene rings is 3. The summed E-state index contributed by atoms with van der Waals surface area (Å²) in [5.74, 6) is -0.512. The standard InChI is InChI=1S/C29H33Cl2N3O5S/c1-5-15-32-29(36)21(3)33(18-22-11-14-26(30)27(31)16-22)28(35)19-34(23-7-6-8-24(17-23)39-4)40(37,38)25-12-9-20(2)10-13-25/h6-14,16-17,21H,5,15,18-19H2,1-4H3,(H,32,36). The lowest BCUT2D eigenvalue weighted by Gasteiger charge is -2.32. The Morgan fingerprint density at radius 1 is 1.00 bits per heavy atom. The largest absolute Gasteiger partial charge is 0.497 e. The molecule has 8 nitrogen and oxygen atoms in total. The summed E-state index contributed by atoms with van der Waals surface area (Å²) in [5, 5.41) is 3.46. The van der Waals surface area contributed by atoms with Gasteiger partial charge in [-0.05, 0) is 62.2 Å². The Kier molecular flexibility index (Phi) is 10.8. The Hall–Kier alpha value is -3.27. The lowest BCUT2D eigenvalue weighted by molar-refractivity contribution is -0.139. The van der Waals surface area contributed by atoms with Crippen LogP contribution in [-0.4, -0.2) is 51.4 Å². The molecule has 0 aliphatic rings. The highest BCUT2D eigenvalue weighted by Gasteiger charge is 2.32. The fourth-order valence-electron chi connectivity index (χ4n) is 3.95. The molecule has 0 spiro atoms. The van der Waals surface area contributed by atoms with Gasteiger partial charge in [-0.1, -0.05) is 60.0 Å². The van der Waals surface area contributed by atoms with Gasteiger partial charge in [-0.25, -0.2) is 8.42 Å². The molecule has 1 unspecified atom stereocenters. The van der Waals surface area contributed by atoms with Gasteiger partial charge in [-0.15, -0.1) is 0 Å². The van der Waals surface area contributed by atoms with Gasteiger partial charge in [0.15, 0.2) is 0 Å². The van der Waals surface area contributed by atoms with Crippen LogP contribution in [0.3, 0.4) is 0 Å². The van der Waals surface area contributed by atoms with Crippen LogP contribution in [0.2, 0.25) is 10.0 Å². The Morgan fingerprint density at radius 2 is 1.70 bits per heavy atom. The molecule has 0 bridgehead atoms. The number of methoxy groups -OCH3 is 1. The number of anilines is 1. The number of amides is 2. The fourth-order valence-corrected chi connectivity index (χ4v) is 5.67. The summed E-state index contributed by atoms with van der Waals surface area (Å²) in [6.45, 7) is 5.26. The van der Waals surface area contributed by atoms with Gasteiger partial charge in [0.1, 0.15) is 18.3 Å². The molecule has 0 saturated carbocycles. The highest BCUT2D eigenvalue weighted by atomic mass is 35.5. The van der Waals surface area contributed by atoms with Crippen LogP contribution in [0.4, 0.5) is 5.69 Å². The first kappa shape index (κ1) is 31.3. The number of nitrogens with zero attached hydrogens (tertiary/aromatic N) is 2. The molecule has 0 aromatic heterocycles. The average molecular weight is 607 g/mol. The summed E-state index contributed by atoms with van der Waals surface area (Å²) in [6.07, 6.45) is 0.720. The minimum Gasteiger partial charge on any atom is -0.497 e. The number of nitrogens with one attached hydrogen (secondary N) is 1. The summed E-state index contributed by atoms with van der Waals surface area (Å²) < 4.78 is 34.1. The van der Waals surface area contributed by atoms with Gasteiger partial charge in [-0.3, -0.25) is 13.9 Å². The minimum absolute atomic E-state index is 0.00691. The molecule has 11 heteroatoms. The quantitative estimate of drug-likeness (QED) is 0.296. The Bertz CT molecular complexity index is 1450. The normalized spacial score (nSPS) is 11.9. The molecular formula is C29H33Cl2N3O5S. The first-order valence-electron chi connectivity index (χ1n) is 12.7. The van der Waals surface area contributed by atoms with E-state index in [0.29, 0.717) is 27.9 Å². The smallest absolute Gasteiger partial charge is 0.264 e. The van der Waals surface area contributed by atoms with Crippen molar-refractivity contribution in [1.82, 2.24) is 10.2 Å². The first-order valence-corrected chi connectivity index (χ1v) is 14.9. The number of ether oxygens (including phenoxy) is 1. The highest BCUT2D eigenvalue weighted by Crippen LogP contribution is 2.28. The number of halogens is 2. The summed E-state index contributed by atoms with van der Waals surface area (Å²) in [6, 6.07) is 16.8. The molecule has 0 heterocycles. The number of hydrogen-bond acceptors (Lipinski definition) is 5. The van der Waals surface area contributed by atoms with Crippen molar-refractivity contribution < 1.29 is 22.7 Å². The van der Waals surface area contributed by atoms with E-state index in [1.165, 1.54) is 24.1 Å². The number of carbonyl (C=O) groups is 2. The maximum Gasteiger partial charge on any atom is 0.264 e. The zero-order chi connectivity index (χ0) is 29.4. The van der Waals surface area contributed by atoms with E-state index in [2.05, 4.69) is 5.32 Å². The van der Waals surface area contributed by atoms with Crippen molar-refractivity contribution in [1.29, 1.82) is 0 Å². The second-order valence-corrected chi connectivity index (χ2v) is 11.9. The minimum atomic E-state index is -4.18. The van der Waals surface area contributed by atoms with E-state index < -0.39 is 28.5 Å². The van der Waals surface area contributed by atoms with Crippen LogP contribution < -0.4 is 14.4 Å².